The molecule has 1 amide bonds. The smallest absolute Gasteiger partial charge is 0.422 e. The number of rotatable bonds is 8. The average molecular weight is 348 g/mol. The molecule has 1 atom stereocenters. The van der Waals surface area contributed by atoms with Crippen molar-refractivity contribution in [3.63, 3.8) is 0 Å². The fraction of sp³-hybridized carbons (Fsp3) is 0.533. The van der Waals surface area contributed by atoms with E-state index in [1.165, 1.54) is 18.3 Å². The standard InChI is InChI=1S/C15H19F3N2O4/c1-9(2)6-10(14(22)23)7-20-12(21)11-4-3-5-19-13(11)24-8-15(16,17)18/h3-5,9-10H,6-8H2,1-2H3,(H,20,21)(H,22,23). The molecule has 0 aliphatic carbocycles. The number of ether oxygens (including phenoxy) is 1. The molecule has 134 valence electrons. The number of nitrogens with one attached hydrogen (secondary N) is 1. The van der Waals surface area contributed by atoms with Crippen molar-refractivity contribution in [2.75, 3.05) is 13.2 Å². The van der Waals surface area contributed by atoms with Crippen molar-refractivity contribution in [2.45, 2.75) is 26.4 Å². The number of carboxylic acids is 1. The maximum atomic E-state index is 12.2. The van der Waals surface area contributed by atoms with Crippen LogP contribution in [0.2, 0.25) is 0 Å². The Labute approximate surface area is 137 Å². The lowest BCUT2D eigenvalue weighted by atomic mass is 9.97. The molecule has 0 bridgehead atoms. The largest absolute Gasteiger partial charge is 0.481 e. The van der Waals surface area contributed by atoms with Crippen molar-refractivity contribution in [3.8, 4) is 5.88 Å². The Kier molecular flexibility index (Phi) is 6.99. The molecule has 1 rings (SSSR count). The number of carboxylic acid groups (broad SMARTS) is 1. The predicted octanol–water partition coefficient (Wildman–Crippen LogP) is 2.50. The average Bonchev–Trinajstić information content (AvgIpc) is 2.48. The highest BCUT2D eigenvalue weighted by molar-refractivity contribution is 5.96. The van der Waals surface area contributed by atoms with Crippen LogP contribution in [-0.4, -0.2) is 41.3 Å². The third kappa shape index (κ3) is 6.84. The first-order valence-electron chi connectivity index (χ1n) is 7.25. The minimum absolute atomic E-state index is 0.118. The van der Waals surface area contributed by atoms with Crippen molar-refractivity contribution >= 4 is 11.9 Å². The number of aliphatic carboxylic acids is 1. The molecule has 6 nitrogen and oxygen atoms in total. The second kappa shape index (κ2) is 8.51. The van der Waals surface area contributed by atoms with Crippen molar-refractivity contribution in [3.05, 3.63) is 23.9 Å². The quantitative estimate of drug-likeness (QED) is 0.754. The van der Waals surface area contributed by atoms with Crippen LogP contribution >= 0.6 is 0 Å². The molecule has 0 spiro atoms. The van der Waals surface area contributed by atoms with Gasteiger partial charge in [0.2, 0.25) is 5.88 Å². The summed E-state index contributed by atoms with van der Waals surface area (Å²) >= 11 is 0. The second-order valence-corrected chi connectivity index (χ2v) is 5.63. The summed E-state index contributed by atoms with van der Waals surface area (Å²) < 4.78 is 41.2. The molecule has 0 saturated heterocycles. The fourth-order valence-electron chi connectivity index (χ4n) is 1.98. The van der Waals surface area contributed by atoms with E-state index in [0.717, 1.165) is 0 Å². The molecule has 1 aromatic rings. The van der Waals surface area contributed by atoms with E-state index in [4.69, 9.17) is 5.11 Å². The van der Waals surface area contributed by atoms with Gasteiger partial charge in [0.25, 0.3) is 5.91 Å². The zero-order chi connectivity index (χ0) is 18.3. The third-order valence-corrected chi connectivity index (χ3v) is 3.00. The first kappa shape index (κ1) is 19.7. The number of alkyl halides is 3. The number of nitrogens with zero attached hydrogens (tertiary/aromatic N) is 1. The van der Waals surface area contributed by atoms with Gasteiger partial charge >= 0.3 is 12.1 Å². The molecule has 0 aliphatic heterocycles. The van der Waals surface area contributed by atoms with Gasteiger partial charge in [-0.15, -0.1) is 0 Å². The molecule has 1 unspecified atom stereocenters. The number of carbonyl (C=O) groups is 2. The Bertz CT molecular complexity index is 576. The van der Waals surface area contributed by atoms with Crippen LogP contribution in [-0.2, 0) is 4.79 Å². The third-order valence-electron chi connectivity index (χ3n) is 3.00. The SMILES string of the molecule is CC(C)CC(CNC(=O)c1cccnc1OCC(F)(F)F)C(=O)O. The van der Waals surface area contributed by atoms with Gasteiger partial charge in [-0.1, -0.05) is 13.8 Å². The Morgan fingerprint density at radius 2 is 2.04 bits per heavy atom. The van der Waals surface area contributed by atoms with Crippen LogP contribution in [0.5, 0.6) is 5.88 Å². The highest BCUT2D eigenvalue weighted by Gasteiger charge is 2.29. The highest BCUT2D eigenvalue weighted by atomic mass is 19.4. The number of halogens is 3. The summed E-state index contributed by atoms with van der Waals surface area (Å²) in [5.41, 5.74) is -0.185. The molecule has 0 saturated carbocycles. The molecule has 0 fully saturated rings. The first-order valence-corrected chi connectivity index (χ1v) is 7.25. The van der Waals surface area contributed by atoms with Gasteiger partial charge in [-0.2, -0.15) is 13.2 Å². The number of hydrogen-bond donors (Lipinski definition) is 2. The van der Waals surface area contributed by atoms with Crippen LogP contribution in [0.4, 0.5) is 13.2 Å². The van der Waals surface area contributed by atoms with Crippen molar-refractivity contribution in [1.82, 2.24) is 10.3 Å². The zero-order valence-corrected chi connectivity index (χ0v) is 13.3. The van der Waals surface area contributed by atoms with Crippen LogP contribution < -0.4 is 10.1 Å². The minimum atomic E-state index is -4.56. The second-order valence-electron chi connectivity index (χ2n) is 5.63. The van der Waals surface area contributed by atoms with Crippen LogP contribution in [0.3, 0.4) is 0 Å². The van der Waals surface area contributed by atoms with E-state index in [-0.39, 0.29) is 18.0 Å². The van der Waals surface area contributed by atoms with Gasteiger partial charge in [0.05, 0.1) is 5.92 Å². The van der Waals surface area contributed by atoms with Crippen LogP contribution in [0.1, 0.15) is 30.6 Å². The van der Waals surface area contributed by atoms with Crippen LogP contribution in [0.15, 0.2) is 18.3 Å². The van der Waals surface area contributed by atoms with E-state index in [1.807, 2.05) is 13.8 Å². The molecule has 0 aromatic carbocycles. The molecular weight excluding hydrogens is 329 g/mol. The fourth-order valence-corrected chi connectivity index (χ4v) is 1.98. The summed E-state index contributed by atoms with van der Waals surface area (Å²) in [5, 5.41) is 11.5. The number of pyridine rings is 1. The van der Waals surface area contributed by atoms with Crippen LogP contribution in [0, 0.1) is 11.8 Å². The maximum absolute atomic E-state index is 12.2. The Morgan fingerprint density at radius 1 is 1.38 bits per heavy atom. The van der Waals surface area contributed by atoms with E-state index < -0.39 is 36.5 Å². The number of aromatic nitrogens is 1. The molecule has 1 heterocycles. The van der Waals surface area contributed by atoms with E-state index in [9.17, 15) is 22.8 Å². The Morgan fingerprint density at radius 3 is 2.58 bits per heavy atom. The molecule has 24 heavy (non-hydrogen) atoms. The topological polar surface area (TPSA) is 88.5 Å². The van der Waals surface area contributed by atoms with Crippen molar-refractivity contribution in [1.29, 1.82) is 0 Å². The van der Waals surface area contributed by atoms with E-state index in [1.54, 1.807) is 0 Å². The summed E-state index contributed by atoms with van der Waals surface area (Å²) in [4.78, 5) is 26.9. The van der Waals surface area contributed by atoms with Gasteiger partial charge in [0.15, 0.2) is 6.61 Å². The van der Waals surface area contributed by atoms with Gasteiger partial charge in [-0.3, -0.25) is 9.59 Å². The highest BCUT2D eigenvalue weighted by Crippen LogP contribution is 2.20. The molecule has 1 aromatic heterocycles. The van der Waals surface area contributed by atoms with E-state index in [2.05, 4.69) is 15.0 Å². The van der Waals surface area contributed by atoms with Crippen LogP contribution in [0.25, 0.3) is 0 Å². The molecule has 9 heteroatoms. The molecular formula is C15H19F3N2O4. The maximum Gasteiger partial charge on any atom is 0.422 e. The van der Waals surface area contributed by atoms with Gasteiger partial charge in [-0.25, -0.2) is 4.98 Å². The zero-order valence-electron chi connectivity index (χ0n) is 13.3. The van der Waals surface area contributed by atoms with Gasteiger partial charge < -0.3 is 15.2 Å². The summed E-state index contributed by atoms with van der Waals surface area (Å²) in [7, 11) is 0. The number of carbonyl (C=O) groups excluding carboxylic acids is 1. The minimum Gasteiger partial charge on any atom is -0.481 e. The number of amides is 1. The lowest BCUT2D eigenvalue weighted by Gasteiger charge is -2.16. The van der Waals surface area contributed by atoms with Gasteiger partial charge in [-0.05, 0) is 24.5 Å². The summed E-state index contributed by atoms with van der Waals surface area (Å²) in [5.74, 6) is -2.92. The monoisotopic (exact) mass is 348 g/mol. The van der Waals surface area contributed by atoms with Crippen molar-refractivity contribution in [2.24, 2.45) is 11.8 Å². The first-order chi connectivity index (χ1) is 11.1. The Hall–Kier alpha value is -2.32. The summed E-state index contributed by atoms with van der Waals surface area (Å²) in [6.45, 7) is 1.99. The van der Waals surface area contributed by atoms with Gasteiger partial charge in [0.1, 0.15) is 5.56 Å². The Balaban J connectivity index is 2.75. The van der Waals surface area contributed by atoms with E-state index in [0.29, 0.717) is 6.42 Å². The molecule has 2 N–H and O–H groups in total. The normalized spacial score (nSPS) is 12.8. The number of hydrogen-bond acceptors (Lipinski definition) is 4. The van der Waals surface area contributed by atoms with E-state index >= 15 is 0 Å². The van der Waals surface area contributed by atoms with Gasteiger partial charge in [0, 0.05) is 12.7 Å². The predicted molar refractivity (Wildman–Crippen MR) is 78.7 cm³/mol. The molecule has 0 aliphatic rings. The lowest BCUT2D eigenvalue weighted by Crippen LogP contribution is -2.34. The molecule has 0 radical (unpaired) electrons. The lowest BCUT2D eigenvalue weighted by molar-refractivity contribution is -0.154. The summed E-state index contributed by atoms with van der Waals surface area (Å²) in [6.07, 6.45) is -3.00. The van der Waals surface area contributed by atoms with Crippen molar-refractivity contribution < 1.29 is 32.6 Å². The summed E-state index contributed by atoms with van der Waals surface area (Å²) in [6, 6.07) is 2.63.